The van der Waals surface area contributed by atoms with Crippen LogP contribution in [0, 0.1) is 11.6 Å². The molecular weight excluding hydrogens is 358 g/mol. The number of anilines is 2. The van der Waals surface area contributed by atoms with E-state index in [-0.39, 0.29) is 10.2 Å². The quantitative estimate of drug-likeness (QED) is 0.787. The van der Waals surface area contributed by atoms with E-state index < -0.39 is 11.6 Å². The Labute approximate surface area is 113 Å². The molecule has 0 bridgehead atoms. The summed E-state index contributed by atoms with van der Waals surface area (Å²) in [6.45, 7) is 0. The Morgan fingerprint density at radius 1 is 1.06 bits per heavy atom. The summed E-state index contributed by atoms with van der Waals surface area (Å²) >= 11 is 6.28. The van der Waals surface area contributed by atoms with Crippen molar-refractivity contribution in [3.8, 4) is 0 Å². The summed E-state index contributed by atoms with van der Waals surface area (Å²) in [6, 6.07) is 5.65. The fourth-order valence-corrected chi connectivity index (χ4v) is 1.92. The molecule has 0 aliphatic heterocycles. The molecule has 88 valence electrons. The fraction of sp³-hybridized carbons (Fsp3) is 0. The Hall–Kier alpha value is -1.01. The van der Waals surface area contributed by atoms with Crippen LogP contribution in [0.2, 0.25) is 0 Å². The van der Waals surface area contributed by atoms with Crippen molar-refractivity contribution in [1.29, 1.82) is 0 Å². The number of aromatic nitrogens is 1. The van der Waals surface area contributed by atoms with Gasteiger partial charge in [0.25, 0.3) is 0 Å². The van der Waals surface area contributed by atoms with Crippen LogP contribution in [0.25, 0.3) is 0 Å². The highest BCUT2D eigenvalue weighted by Gasteiger charge is 2.10. The van der Waals surface area contributed by atoms with Crippen molar-refractivity contribution in [2.24, 2.45) is 0 Å². The normalized spacial score (nSPS) is 10.4. The van der Waals surface area contributed by atoms with Gasteiger partial charge in [0.05, 0.1) is 14.6 Å². The van der Waals surface area contributed by atoms with Gasteiger partial charge in [0.15, 0.2) is 0 Å². The Balaban J connectivity index is 2.37. The second-order valence-electron chi connectivity index (χ2n) is 3.20. The van der Waals surface area contributed by atoms with E-state index in [0.717, 1.165) is 6.07 Å². The molecule has 1 aromatic heterocycles. The van der Waals surface area contributed by atoms with E-state index in [1.807, 2.05) is 0 Å². The van der Waals surface area contributed by atoms with Crippen LogP contribution < -0.4 is 5.32 Å². The number of halogens is 4. The highest BCUT2D eigenvalue weighted by Crippen LogP contribution is 2.28. The molecule has 0 atom stereocenters. The number of hydrogen-bond donors (Lipinski definition) is 1. The fourth-order valence-electron chi connectivity index (χ4n) is 1.22. The molecule has 2 aromatic rings. The van der Waals surface area contributed by atoms with Crippen LogP contribution in [0.3, 0.4) is 0 Å². The van der Waals surface area contributed by atoms with Gasteiger partial charge >= 0.3 is 0 Å². The third kappa shape index (κ3) is 2.81. The number of nitrogens with zero attached hydrogens (tertiary/aromatic N) is 1. The van der Waals surface area contributed by atoms with E-state index in [9.17, 15) is 8.78 Å². The van der Waals surface area contributed by atoms with Gasteiger partial charge in [-0.05, 0) is 50.1 Å². The predicted octanol–water partition coefficient (Wildman–Crippen LogP) is 4.63. The topological polar surface area (TPSA) is 24.9 Å². The number of pyridine rings is 1. The van der Waals surface area contributed by atoms with Crippen LogP contribution in [-0.4, -0.2) is 4.98 Å². The van der Waals surface area contributed by atoms with Gasteiger partial charge in [-0.2, -0.15) is 0 Å². The van der Waals surface area contributed by atoms with Crippen LogP contribution in [0.4, 0.5) is 20.3 Å². The molecule has 2 rings (SSSR count). The third-order valence-corrected chi connectivity index (χ3v) is 3.27. The highest BCUT2D eigenvalue weighted by atomic mass is 79.9. The molecule has 1 aromatic carbocycles. The summed E-state index contributed by atoms with van der Waals surface area (Å²) in [6.07, 6.45) is 1.57. The van der Waals surface area contributed by atoms with Crippen molar-refractivity contribution in [2.45, 2.75) is 0 Å². The maximum Gasteiger partial charge on any atom is 0.149 e. The van der Waals surface area contributed by atoms with Crippen molar-refractivity contribution in [3.63, 3.8) is 0 Å². The molecule has 0 aliphatic carbocycles. The molecule has 1 heterocycles. The second-order valence-corrected chi connectivity index (χ2v) is 4.91. The summed E-state index contributed by atoms with van der Waals surface area (Å²) in [5, 5.41) is 2.78. The smallest absolute Gasteiger partial charge is 0.149 e. The van der Waals surface area contributed by atoms with Gasteiger partial charge in [-0.15, -0.1) is 0 Å². The van der Waals surface area contributed by atoms with Crippen LogP contribution in [0.15, 0.2) is 39.4 Å². The Morgan fingerprint density at radius 2 is 1.82 bits per heavy atom. The monoisotopic (exact) mass is 362 g/mol. The number of rotatable bonds is 2. The standard InChI is InChI=1S/C11H6Br2F2N2/c12-6-2-1-3-16-11(6)17-10-4-7(13)8(14)5-9(10)15/h1-5H,(H,16,17). The van der Waals surface area contributed by atoms with E-state index in [1.165, 1.54) is 6.07 Å². The molecule has 0 saturated carbocycles. The summed E-state index contributed by atoms with van der Waals surface area (Å²) < 4.78 is 27.4. The molecule has 0 fully saturated rings. The molecule has 1 N–H and O–H groups in total. The van der Waals surface area contributed by atoms with Gasteiger partial charge in [-0.3, -0.25) is 0 Å². The van der Waals surface area contributed by atoms with Crippen LogP contribution in [0.5, 0.6) is 0 Å². The van der Waals surface area contributed by atoms with Gasteiger partial charge in [-0.1, -0.05) is 0 Å². The molecule has 6 heteroatoms. The number of benzene rings is 1. The highest BCUT2D eigenvalue weighted by molar-refractivity contribution is 9.10. The summed E-state index contributed by atoms with van der Waals surface area (Å²) in [5.74, 6) is -0.860. The molecule has 0 saturated heterocycles. The third-order valence-electron chi connectivity index (χ3n) is 2.02. The summed E-state index contributed by atoms with van der Waals surface area (Å²) in [5.41, 5.74) is 0.151. The minimum absolute atomic E-state index is 0.151. The predicted molar refractivity (Wildman–Crippen MR) is 69.3 cm³/mol. The van der Waals surface area contributed by atoms with E-state index in [1.54, 1.807) is 18.3 Å². The zero-order valence-corrected chi connectivity index (χ0v) is 11.5. The first-order chi connectivity index (χ1) is 8.08. The maximum absolute atomic E-state index is 13.5. The largest absolute Gasteiger partial charge is 0.337 e. The van der Waals surface area contributed by atoms with E-state index >= 15 is 0 Å². The van der Waals surface area contributed by atoms with Crippen molar-refractivity contribution in [1.82, 2.24) is 4.98 Å². The molecule has 0 spiro atoms. The lowest BCUT2D eigenvalue weighted by atomic mass is 10.3. The van der Waals surface area contributed by atoms with Gasteiger partial charge < -0.3 is 5.32 Å². The molecule has 0 amide bonds. The minimum Gasteiger partial charge on any atom is -0.337 e. The lowest BCUT2D eigenvalue weighted by Gasteiger charge is -2.09. The molecule has 0 aliphatic rings. The first-order valence-corrected chi connectivity index (χ1v) is 6.18. The van der Waals surface area contributed by atoms with Crippen LogP contribution in [0.1, 0.15) is 0 Å². The SMILES string of the molecule is Fc1cc(F)c(Nc2ncccc2Br)cc1Br. The van der Waals surface area contributed by atoms with Gasteiger partial charge in [-0.25, -0.2) is 13.8 Å². The Morgan fingerprint density at radius 3 is 2.53 bits per heavy atom. The summed E-state index contributed by atoms with van der Waals surface area (Å²) in [4.78, 5) is 4.03. The lowest BCUT2D eigenvalue weighted by Crippen LogP contribution is -1.98. The lowest BCUT2D eigenvalue weighted by molar-refractivity contribution is 0.581. The van der Waals surface area contributed by atoms with Crippen LogP contribution >= 0.6 is 31.9 Å². The molecule has 17 heavy (non-hydrogen) atoms. The van der Waals surface area contributed by atoms with Crippen molar-refractivity contribution >= 4 is 43.4 Å². The first kappa shape index (κ1) is 12.4. The molecule has 0 radical (unpaired) electrons. The zero-order valence-electron chi connectivity index (χ0n) is 8.35. The second kappa shape index (κ2) is 5.10. The van der Waals surface area contributed by atoms with Crippen molar-refractivity contribution in [3.05, 3.63) is 51.0 Å². The Kier molecular flexibility index (Phi) is 3.73. The van der Waals surface area contributed by atoms with E-state index in [0.29, 0.717) is 10.3 Å². The molecule has 0 unspecified atom stereocenters. The first-order valence-electron chi connectivity index (χ1n) is 4.60. The van der Waals surface area contributed by atoms with Gasteiger partial charge in [0.1, 0.15) is 17.5 Å². The minimum atomic E-state index is -0.678. The van der Waals surface area contributed by atoms with Crippen molar-refractivity contribution < 1.29 is 8.78 Å². The average molecular weight is 364 g/mol. The Bertz CT molecular complexity index is 561. The number of nitrogens with one attached hydrogen (secondary N) is 1. The van der Waals surface area contributed by atoms with E-state index in [4.69, 9.17) is 0 Å². The van der Waals surface area contributed by atoms with Crippen LogP contribution in [-0.2, 0) is 0 Å². The number of hydrogen-bond acceptors (Lipinski definition) is 2. The molecular formula is C11H6Br2F2N2. The zero-order chi connectivity index (χ0) is 12.4. The maximum atomic E-state index is 13.5. The average Bonchev–Trinajstić information content (AvgIpc) is 2.29. The molecule has 2 nitrogen and oxygen atoms in total. The van der Waals surface area contributed by atoms with Gasteiger partial charge in [0.2, 0.25) is 0 Å². The van der Waals surface area contributed by atoms with E-state index in [2.05, 4.69) is 42.2 Å². The van der Waals surface area contributed by atoms with Gasteiger partial charge in [0, 0.05) is 12.3 Å². The van der Waals surface area contributed by atoms with Crippen molar-refractivity contribution in [2.75, 3.05) is 5.32 Å². The summed E-state index contributed by atoms with van der Waals surface area (Å²) in [7, 11) is 0.